The van der Waals surface area contributed by atoms with E-state index in [1.54, 1.807) is 15.7 Å². The number of carbonyl (C=O) groups is 4. The lowest BCUT2D eigenvalue weighted by Crippen LogP contribution is -2.49. The van der Waals surface area contributed by atoms with Gasteiger partial charge in [-0.25, -0.2) is 22.6 Å². The van der Waals surface area contributed by atoms with Crippen LogP contribution in [0.3, 0.4) is 0 Å². The number of phenolic OH excluding ortho intramolecular Hbond substituents is 1. The largest absolute Gasteiger partial charge is 0.506 e. The predicted octanol–water partition coefficient (Wildman–Crippen LogP) is 0.396. The lowest BCUT2D eigenvalue weighted by Gasteiger charge is -2.36. The molecule has 3 aromatic carbocycles. The quantitative estimate of drug-likeness (QED) is 0.203. The van der Waals surface area contributed by atoms with Gasteiger partial charge in [0.2, 0.25) is 17.7 Å². The molecule has 0 aliphatic carbocycles. The van der Waals surface area contributed by atoms with E-state index < -0.39 is 69.3 Å². The van der Waals surface area contributed by atoms with Gasteiger partial charge in [-0.3, -0.25) is 38.5 Å². The molecule has 1 aromatic heterocycles. The third-order valence-corrected chi connectivity index (χ3v) is 10.5. The minimum atomic E-state index is -4.36. The fourth-order valence-electron chi connectivity index (χ4n) is 6.69. The number of anilines is 3. The van der Waals surface area contributed by atoms with Crippen LogP contribution in [0.1, 0.15) is 18.9 Å². The first kappa shape index (κ1) is 33.0. The van der Waals surface area contributed by atoms with Crippen molar-refractivity contribution in [2.45, 2.75) is 18.9 Å². The number of benzene rings is 3. The Morgan fingerprint density at radius 3 is 2.42 bits per heavy atom. The Kier molecular flexibility index (Phi) is 7.97. The molecule has 3 aliphatic heterocycles. The second-order valence-corrected chi connectivity index (χ2v) is 13.9. The summed E-state index contributed by atoms with van der Waals surface area (Å²) >= 11 is 0. The zero-order valence-corrected chi connectivity index (χ0v) is 27.2. The summed E-state index contributed by atoms with van der Waals surface area (Å²) in [4.78, 5) is 65.4. The summed E-state index contributed by atoms with van der Waals surface area (Å²) in [5.41, 5.74) is 0.0463. The van der Waals surface area contributed by atoms with Gasteiger partial charge < -0.3 is 15.3 Å². The van der Waals surface area contributed by atoms with Crippen LogP contribution in [0, 0.1) is 11.6 Å². The minimum absolute atomic E-state index is 0.0108. The van der Waals surface area contributed by atoms with Crippen molar-refractivity contribution in [3.05, 3.63) is 58.5 Å². The van der Waals surface area contributed by atoms with Crippen LogP contribution in [0.25, 0.3) is 21.8 Å². The Bertz CT molecular complexity index is 2320. The monoisotopic (exact) mass is 712 g/mol. The fourth-order valence-corrected chi connectivity index (χ4v) is 7.85. The highest BCUT2D eigenvalue weighted by molar-refractivity contribution is 7.92. The molecule has 4 N–H and O–H groups in total. The van der Waals surface area contributed by atoms with Gasteiger partial charge in [-0.2, -0.15) is 8.42 Å². The predicted molar refractivity (Wildman–Crippen MR) is 176 cm³/mol. The van der Waals surface area contributed by atoms with Gasteiger partial charge in [-0.15, -0.1) is 0 Å². The van der Waals surface area contributed by atoms with E-state index in [4.69, 9.17) is 0 Å². The molecule has 19 heteroatoms. The third-order valence-electron chi connectivity index (χ3n) is 9.14. The molecule has 262 valence electrons. The van der Waals surface area contributed by atoms with Crippen LogP contribution in [-0.4, -0.2) is 90.5 Å². The number of aromatic hydroxyl groups is 1. The zero-order chi connectivity index (χ0) is 35.6. The molecule has 4 aromatic rings. The average Bonchev–Trinajstić information content (AvgIpc) is 3.45. The number of amides is 4. The number of rotatable bonds is 6. The van der Waals surface area contributed by atoms with E-state index in [2.05, 4.69) is 10.6 Å². The molecule has 0 bridgehead atoms. The van der Waals surface area contributed by atoms with Crippen LogP contribution >= 0.6 is 0 Å². The summed E-state index contributed by atoms with van der Waals surface area (Å²) in [5, 5.41) is 15.6. The smallest absolute Gasteiger partial charge is 0.329 e. The summed E-state index contributed by atoms with van der Waals surface area (Å²) < 4.78 is 60.1. The second kappa shape index (κ2) is 12.1. The number of imide groups is 1. The maximum absolute atomic E-state index is 15.5. The first-order valence-corrected chi connectivity index (χ1v) is 17.0. The van der Waals surface area contributed by atoms with Crippen LogP contribution in [0.5, 0.6) is 5.75 Å². The number of carbonyl (C=O) groups excluding carboxylic acids is 4. The Balaban J connectivity index is 1.01. The summed E-state index contributed by atoms with van der Waals surface area (Å²) in [6.45, 7) is 0.828. The topological polar surface area (TPSA) is 195 Å². The molecule has 0 radical (unpaired) electrons. The number of nitrogens with one attached hydrogen (secondary N) is 3. The Morgan fingerprint density at radius 2 is 1.74 bits per heavy atom. The van der Waals surface area contributed by atoms with Crippen LogP contribution < -0.4 is 30.3 Å². The lowest BCUT2D eigenvalue weighted by molar-refractivity contribution is -0.135. The highest BCUT2D eigenvalue weighted by Crippen LogP contribution is 2.39. The summed E-state index contributed by atoms with van der Waals surface area (Å²) in [7, 11) is -2.84. The van der Waals surface area contributed by atoms with E-state index in [-0.39, 0.29) is 47.3 Å². The van der Waals surface area contributed by atoms with E-state index in [0.717, 1.165) is 6.07 Å². The van der Waals surface area contributed by atoms with Gasteiger partial charge >= 0.3 is 15.9 Å². The van der Waals surface area contributed by atoms with Gasteiger partial charge in [-0.1, -0.05) is 0 Å². The van der Waals surface area contributed by atoms with Gasteiger partial charge in [0, 0.05) is 56.8 Å². The van der Waals surface area contributed by atoms with Crippen molar-refractivity contribution < 1.29 is 41.5 Å². The minimum Gasteiger partial charge on any atom is -0.506 e. The molecular formula is C31H30F2N8O8S. The van der Waals surface area contributed by atoms with Crippen molar-refractivity contribution in [1.82, 2.24) is 24.1 Å². The SMILES string of the molecule is Cn1c(=O)n(C2CCC(=O)NC2=O)c2cc(F)c(N3CCN(CC(=O)Nc4ccc5c(F)c(N6CC(=O)NS6(=O)=O)c(O)cc5c4)CC3)cc21. The first-order chi connectivity index (χ1) is 23.7. The molecule has 3 fully saturated rings. The van der Waals surface area contributed by atoms with Crippen molar-refractivity contribution in [3.8, 4) is 5.75 Å². The van der Waals surface area contributed by atoms with Crippen molar-refractivity contribution in [2.24, 2.45) is 7.05 Å². The molecule has 0 spiro atoms. The van der Waals surface area contributed by atoms with E-state index in [0.29, 0.717) is 41.7 Å². The summed E-state index contributed by atoms with van der Waals surface area (Å²) in [5.74, 6) is -4.65. The molecule has 7 rings (SSSR count). The van der Waals surface area contributed by atoms with Crippen LogP contribution in [0.4, 0.5) is 25.8 Å². The molecule has 3 aliphatic rings. The van der Waals surface area contributed by atoms with Gasteiger partial charge in [0.25, 0.3) is 5.91 Å². The van der Waals surface area contributed by atoms with Crippen LogP contribution in [0.2, 0.25) is 0 Å². The van der Waals surface area contributed by atoms with E-state index in [9.17, 15) is 37.5 Å². The third kappa shape index (κ3) is 5.66. The molecule has 1 atom stereocenters. The first-order valence-electron chi connectivity index (χ1n) is 15.5. The van der Waals surface area contributed by atoms with Crippen LogP contribution in [-0.2, 0) is 36.4 Å². The van der Waals surface area contributed by atoms with E-state index >= 15 is 8.78 Å². The molecule has 50 heavy (non-hydrogen) atoms. The molecular weight excluding hydrogens is 682 g/mol. The Labute approximate surface area is 282 Å². The van der Waals surface area contributed by atoms with E-state index in [1.807, 2.05) is 4.90 Å². The van der Waals surface area contributed by atoms with Gasteiger partial charge in [0.1, 0.15) is 29.8 Å². The van der Waals surface area contributed by atoms with Crippen molar-refractivity contribution in [2.75, 3.05) is 53.8 Å². The van der Waals surface area contributed by atoms with Crippen molar-refractivity contribution in [1.29, 1.82) is 0 Å². The number of imidazole rings is 1. The Morgan fingerprint density at radius 1 is 1.00 bits per heavy atom. The normalized spacial score (nSPS) is 19.7. The molecule has 16 nitrogen and oxygen atoms in total. The zero-order valence-electron chi connectivity index (χ0n) is 26.4. The average molecular weight is 713 g/mol. The highest BCUT2D eigenvalue weighted by atomic mass is 32.2. The maximum atomic E-state index is 15.5. The molecule has 0 saturated carbocycles. The maximum Gasteiger partial charge on any atom is 0.329 e. The van der Waals surface area contributed by atoms with Crippen molar-refractivity contribution in [3.63, 3.8) is 0 Å². The number of phenols is 1. The lowest BCUT2D eigenvalue weighted by atomic mass is 10.1. The summed E-state index contributed by atoms with van der Waals surface area (Å²) in [6.07, 6.45) is 0.190. The van der Waals surface area contributed by atoms with Gasteiger partial charge in [0.05, 0.1) is 23.3 Å². The highest BCUT2D eigenvalue weighted by Gasteiger charge is 2.38. The fraction of sp³-hybridized carbons (Fsp3) is 0.323. The number of aryl methyl sites for hydroxylation is 1. The Hall–Kier alpha value is -5.56. The number of hydrogen-bond donors (Lipinski definition) is 4. The van der Waals surface area contributed by atoms with Crippen LogP contribution in [0.15, 0.2) is 41.2 Å². The number of halogens is 2. The molecule has 1 unspecified atom stereocenters. The number of fused-ring (bicyclic) bond motifs is 2. The molecule has 4 heterocycles. The number of nitrogens with zero attached hydrogens (tertiary/aromatic N) is 5. The molecule has 4 amide bonds. The number of aromatic nitrogens is 2. The summed E-state index contributed by atoms with van der Waals surface area (Å²) in [6, 6.07) is 7.13. The van der Waals surface area contributed by atoms with Gasteiger partial charge in [-0.05, 0) is 42.1 Å². The number of piperidine rings is 1. The van der Waals surface area contributed by atoms with E-state index in [1.165, 1.54) is 40.4 Å². The second-order valence-electron chi connectivity index (χ2n) is 12.3. The number of piperazine rings is 1. The standard InChI is InChI=1S/C31H30F2N8O8S/c1-37-22-13-21(19(32)12-23(22)41(31(37)47)20-4-5-25(43)35-30(20)46)39-8-6-38(7-9-39)14-26(44)34-17-2-3-18-16(10-17)11-24(42)29(28(18)33)40-15-27(45)36-50(40,48)49/h2-3,10-13,20,42H,4-9,14-15H2,1H3,(H,34,44)(H,36,45)(H,35,43,46). The van der Waals surface area contributed by atoms with Crippen molar-refractivity contribution >= 4 is 72.7 Å². The molecule has 3 saturated heterocycles. The number of hydrogen-bond acceptors (Lipinski definition) is 10. The van der Waals surface area contributed by atoms with Gasteiger partial charge in [0.15, 0.2) is 5.82 Å².